The second-order valence-corrected chi connectivity index (χ2v) is 6.67. The quantitative estimate of drug-likeness (QED) is 0.715. The van der Waals surface area contributed by atoms with Crippen molar-refractivity contribution in [3.05, 3.63) is 41.7 Å². The number of rotatable bonds is 4. The molecule has 1 aromatic carbocycles. The van der Waals surface area contributed by atoms with Gasteiger partial charge in [-0.05, 0) is 37.6 Å². The summed E-state index contributed by atoms with van der Waals surface area (Å²) in [6.07, 6.45) is -2.92. The summed E-state index contributed by atoms with van der Waals surface area (Å²) in [7, 11) is 0. The predicted octanol–water partition coefficient (Wildman–Crippen LogP) is 3.67. The van der Waals surface area contributed by atoms with Gasteiger partial charge in [0.25, 0.3) is 5.91 Å². The second kappa shape index (κ2) is 6.94. The molecule has 0 fully saturated rings. The molecule has 0 unspecified atom stereocenters. The van der Waals surface area contributed by atoms with Gasteiger partial charge >= 0.3 is 6.18 Å². The predicted molar refractivity (Wildman–Crippen MR) is 96.8 cm³/mol. The summed E-state index contributed by atoms with van der Waals surface area (Å²) in [6, 6.07) is 5.49. The zero-order valence-electron chi connectivity index (χ0n) is 15.6. The van der Waals surface area contributed by atoms with Crippen LogP contribution in [0.15, 0.2) is 30.5 Å². The van der Waals surface area contributed by atoms with Crippen LogP contribution in [0, 0.1) is 0 Å². The Morgan fingerprint density at radius 3 is 2.76 bits per heavy atom. The first-order chi connectivity index (χ1) is 13.8. The zero-order chi connectivity index (χ0) is 20.8. The lowest BCUT2D eigenvalue weighted by atomic mass is 10.1. The van der Waals surface area contributed by atoms with E-state index in [1.165, 1.54) is 0 Å². The van der Waals surface area contributed by atoms with Gasteiger partial charge in [-0.1, -0.05) is 6.92 Å². The Bertz CT molecular complexity index is 1090. The third-order valence-corrected chi connectivity index (χ3v) is 4.67. The second-order valence-electron chi connectivity index (χ2n) is 6.67. The number of nitrogens with one attached hydrogen (secondary N) is 1. The van der Waals surface area contributed by atoms with Crippen molar-refractivity contribution < 1.29 is 27.4 Å². The first-order valence-corrected chi connectivity index (χ1v) is 8.94. The van der Waals surface area contributed by atoms with E-state index in [1.54, 1.807) is 25.1 Å². The highest BCUT2D eigenvalue weighted by atomic mass is 19.4. The molecule has 0 aliphatic carbocycles. The summed E-state index contributed by atoms with van der Waals surface area (Å²) >= 11 is 0. The van der Waals surface area contributed by atoms with Crippen LogP contribution in [0.5, 0.6) is 11.5 Å². The van der Waals surface area contributed by atoms with E-state index in [0.717, 1.165) is 12.3 Å². The van der Waals surface area contributed by atoms with E-state index >= 15 is 0 Å². The van der Waals surface area contributed by atoms with Gasteiger partial charge in [-0.2, -0.15) is 18.3 Å². The van der Waals surface area contributed by atoms with Crippen LogP contribution in [-0.2, 0) is 6.18 Å². The Kier molecular flexibility index (Phi) is 4.56. The number of halogens is 3. The third-order valence-electron chi connectivity index (χ3n) is 4.67. The van der Waals surface area contributed by atoms with Crippen LogP contribution < -0.4 is 14.8 Å². The molecular formula is C19H17F3N4O3. The Labute approximate surface area is 163 Å². The van der Waals surface area contributed by atoms with Gasteiger partial charge in [0.15, 0.2) is 22.8 Å². The Balaban J connectivity index is 1.87. The van der Waals surface area contributed by atoms with Gasteiger partial charge in [-0.25, -0.2) is 9.50 Å². The molecule has 152 valence electrons. The number of ether oxygens (including phenoxy) is 2. The minimum Gasteiger partial charge on any atom is -0.454 e. The Morgan fingerprint density at radius 1 is 1.28 bits per heavy atom. The molecule has 7 nitrogen and oxygen atoms in total. The first-order valence-electron chi connectivity index (χ1n) is 8.94. The van der Waals surface area contributed by atoms with Crippen molar-refractivity contribution in [1.82, 2.24) is 19.9 Å². The maximum atomic E-state index is 13.7. The van der Waals surface area contributed by atoms with Crippen LogP contribution in [0.1, 0.15) is 36.3 Å². The summed E-state index contributed by atoms with van der Waals surface area (Å²) in [6.45, 7) is 3.73. The fourth-order valence-electron chi connectivity index (χ4n) is 2.93. The molecule has 3 heterocycles. The van der Waals surface area contributed by atoms with Crippen molar-refractivity contribution in [3.63, 3.8) is 0 Å². The SMILES string of the molecule is CC[C@@H](C)NC(=O)c1cnn2c(C(F)(F)F)cc(-c3ccc4c(c3)OCO4)nc12. The molecule has 0 spiro atoms. The molecule has 1 N–H and O–H groups in total. The highest BCUT2D eigenvalue weighted by Gasteiger charge is 2.36. The monoisotopic (exact) mass is 406 g/mol. The molecule has 1 aliphatic heterocycles. The van der Waals surface area contributed by atoms with Crippen LogP contribution in [0.4, 0.5) is 13.2 Å². The molecule has 29 heavy (non-hydrogen) atoms. The molecule has 0 radical (unpaired) electrons. The maximum absolute atomic E-state index is 13.7. The van der Waals surface area contributed by atoms with Crippen LogP contribution in [0.25, 0.3) is 16.9 Å². The van der Waals surface area contributed by atoms with E-state index in [0.29, 0.717) is 28.0 Å². The zero-order valence-corrected chi connectivity index (χ0v) is 15.6. The van der Waals surface area contributed by atoms with Crippen LogP contribution >= 0.6 is 0 Å². The number of carbonyl (C=O) groups excluding carboxylic acids is 1. The summed E-state index contributed by atoms with van der Waals surface area (Å²) in [4.78, 5) is 16.8. The topological polar surface area (TPSA) is 77.8 Å². The maximum Gasteiger partial charge on any atom is 0.433 e. The Hall–Kier alpha value is -3.30. The minimum atomic E-state index is -4.69. The number of hydrogen-bond donors (Lipinski definition) is 1. The van der Waals surface area contributed by atoms with E-state index in [4.69, 9.17) is 9.47 Å². The average molecular weight is 406 g/mol. The summed E-state index contributed by atoms with van der Waals surface area (Å²) in [5.74, 6) is 0.391. The van der Waals surface area contributed by atoms with Crippen molar-refractivity contribution in [2.24, 2.45) is 0 Å². The van der Waals surface area contributed by atoms with E-state index in [-0.39, 0.29) is 29.7 Å². The minimum absolute atomic E-state index is 0.0293. The van der Waals surface area contributed by atoms with Gasteiger partial charge in [0.1, 0.15) is 5.56 Å². The summed E-state index contributed by atoms with van der Waals surface area (Å²) < 4.78 is 52.2. The Morgan fingerprint density at radius 2 is 2.03 bits per heavy atom. The van der Waals surface area contributed by atoms with Crippen molar-refractivity contribution in [3.8, 4) is 22.8 Å². The summed E-state index contributed by atoms with van der Waals surface area (Å²) in [5.41, 5.74) is -0.789. The highest BCUT2D eigenvalue weighted by Crippen LogP contribution is 2.37. The van der Waals surface area contributed by atoms with Crippen LogP contribution in [0.3, 0.4) is 0 Å². The number of fused-ring (bicyclic) bond motifs is 2. The van der Waals surface area contributed by atoms with Gasteiger partial charge in [0.2, 0.25) is 6.79 Å². The fraction of sp³-hybridized carbons (Fsp3) is 0.316. The van der Waals surface area contributed by atoms with Gasteiger partial charge in [0, 0.05) is 11.6 Å². The standard InChI is InChI=1S/C19H17F3N4O3/c1-3-10(2)24-18(27)12-8-23-26-16(19(20,21)22)7-13(25-17(12)26)11-4-5-14-15(6-11)29-9-28-14/h4-8,10H,3,9H2,1-2H3,(H,24,27)/t10-/m1/s1. The highest BCUT2D eigenvalue weighted by molar-refractivity contribution is 6.00. The van der Waals surface area contributed by atoms with E-state index in [9.17, 15) is 18.0 Å². The number of carbonyl (C=O) groups is 1. The third kappa shape index (κ3) is 3.45. The molecule has 10 heteroatoms. The molecule has 1 atom stereocenters. The molecule has 2 aromatic heterocycles. The van der Waals surface area contributed by atoms with Gasteiger partial charge < -0.3 is 14.8 Å². The molecule has 0 saturated heterocycles. The van der Waals surface area contributed by atoms with E-state index < -0.39 is 17.8 Å². The van der Waals surface area contributed by atoms with E-state index in [1.807, 2.05) is 6.92 Å². The number of hydrogen-bond acceptors (Lipinski definition) is 5. The van der Waals surface area contributed by atoms with Crippen molar-refractivity contribution in [1.29, 1.82) is 0 Å². The smallest absolute Gasteiger partial charge is 0.433 e. The number of aromatic nitrogens is 3. The summed E-state index contributed by atoms with van der Waals surface area (Å²) in [5, 5.41) is 6.49. The number of nitrogens with zero attached hydrogens (tertiary/aromatic N) is 3. The molecule has 1 aliphatic rings. The molecular weight excluding hydrogens is 389 g/mol. The van der Waals surface area contributed by atoms with Gasteiger partial charge in [-0.3, -0.25) is 4.79 Å². The normalized spacial score (nSPS) is 14.2. The molecule has 0 saturated carbocycles. The van der Waals surface area contributed by atoms with Crippen LogP contribution in [-0.4, -0.2) is 33.3 Å². The van der Waals surface area contributed by atoms with E-state index in [2.05, 4.69) is 15.4 Å². The number of amides is 1. The van der Waals surface area contributed by atoms with Crippen molar-refractivity contribution in [2.75, 3.05) is 6.79 Å². The molecule has 3 aromatic rings. The first kappa shape index (κ1) is 19.0. The average Bonchev–Trinajstić information content (AvgIpc) is 3.32. The van der Waals surface area contributed by atoms with Crippen molar-refractivity contribution >= 4 is 11.6 Å². The van der Waals surface area contributed by atoms with Gasteiger partial charge in [0.05, 0.1) is 11.9 Å². The number of benzene rings is 1. The molecule has 4 rings (SSSR count). The number of alkyl halides is 3. The largest absolute Gasteiger partial charge is 0.454 e. The molecule has 0 bridgehead atoms. The lowest BCUT2D eigenvalue weighted by Crippen LogP contribution is -2.32. The lowest BCUT2D eigenvalue weighted by Gasteiger charge is -2.13. The van der Waals surface area contributed by atoms with Gasteiger partial charge in [-0.15, -0.1) is 0 Å². The fourth-order valence-corrected chi connectivity index (χ4v) is 2.93. The molecule has 1 amide bonds. The van der Waals surface area contributed by atoms with Crippen molar-refractivity contribution in [2.45, 2.75) is 32.5 Å². The lowest BCUT2D eigenvalue weighted by molar-refractivity contribution is -0.142. The van der Waals surface area contributed by atoms with Crippen LogP contribution in [0.2, 0.25) is 0 Å².